The zero-order valence-corrected chi connectivity index (χ0v) is 27.9. The molecule has 0 aliphatic rings. The Morgan fingerprint density at radius 3 is 1.06 bits per heavy atom. The molecule has 0 heteroatoms. The van der Waals surface area contributed by atoms with Crippen LogP contribution in [-0.4, -0.2) is 0 Å². The third-order valence-electron chi connectivity index (χ3n) is 13.3. The molecule has 15 aromatic carbocycles. The molecule has 232 valence electrons. The molecule has 0 spiro atoms. The Hall–Kier alpha value is -6.76. The van der Waals surface area contributed by atoms with Crippen molar-refractivity contribution in [3.05, 3.63) is 146 Å². The quantitative estimate of drug-likeness (QED) is 0.113. The van der Waals surface area contributed by atoms with E-state index < -0.39 is 0 Å². The first-order valence-electron chi connectivity index (χ1n) is 18.4. The van der Waals surface area contributed by atoms with E-state index in [-0.39, 0.29) is 0 Å². The van der Waals surface area contributed by atoms with Crippen molar-refractivity contribution in [3.63, 3.8) is 0 Å². The van der Waals surface area contributed by atoms with Gasteiger partial charge in [-0.3, -0.25) is 0 Å². The van der Waals surface area contributed by atoms with Gasteiger partial charge in [0, 0.05) is 0 Å². The predicted molar refractivity (Wildman–Crippen MR) is 227 cm³/mol. The highest BCUT2D eigenvalue weighted by Crippen LogP contribution is 2.53. The van der Waals surface area contributed by atoms with Gasteiger partial charge in [0.25, 0.3) is 0 Å². The SMILES string of the molecule is c1ccc2c(c1)c1cccc3cc4c5ccc6c7ccc8c9cc%10c(cc9c9ccc(c%11ccc(c5c6%11)c4c2c31)c7c89)c1cccc2cccc%10c21. The first-order valence-corrected chi connectivity index (χ1v) is 18.4. The fourth-order valence-corrected chi connectivity index (χ4v) is 11.4. The Morgan fingerprint density at radius 2 is 0.500 bits per heavy atom. The zero-order valence-electron chi connectivity index (χ0n) is 27.9. The van der Waals surface area contributed by atoms with Crippen LogP contribution in [0.5, 0.6) is 0 Å². The molecule has 15 rings (SSSR count). The topological polar surface area (TPSA) is 0 Å². The van der Waals surface area contributed by atoms with Crippen molar-refractivity contribution in [2.45, 2.75) is 0 Å². The minimum Gasteiger partial charge on any atom is -0.0616 e. The van der Waals surface area contributed by atoms with E-state index in [0.717, 1.165) is 0 Å². The molecule has 0 N–H and O–H groups in total. The van der Waals surface area contributed by atoms with Crippen LogP contribution in [0.4, 0.5) is 0 Å². The lowest BCUT2D eigenvalue weighted by atomic mass is 9.88. The van der Waals surface area contributed by atoms with Gasteiger partial charge in [0.2, 0.25) is 0 Å². The average Bonchev–Trinajstić information content (AvgIpc) is 3.91. The molecule has 0 bridgehead atoms. The Morgan fingerprint density at radius 1 is 0.154 bits per heavy atom. The van der Waals surface area contributed by atoms with Crippen LogP contribution in [0.1, 0.15) is 0 Å². The Kier molecular flexibility index (Phi) is 3.92. The number of fused-ring (bicyclic) bond motifs is 15. The second-order valence-corrected chi connectivity index (χ2v) is 15.4. The van der Waals surface area contributed by atoms with Crippen molar-refractivity contribution in [2.24, 2.45) is 0 Å². The van der Waals surface area contributed by atoms with Crippen molar-refractivity contribution in [1.82, 2.24) is 0 Å². The third-order valence-corrected chi connectivity index (χ3v) is 13.3. The van der Waals surface area contributed by atoms with E-state index in [2.05, 4.69) is 146 Å². The molecule has 52 heavy (non-hydrogen) atoms. The van der Waals surface area contributed by atoms with Gasteiger partial charge in [0.1, 0.15) is 0 Å². The minimum absolute atomic E-state index is 1.32. The highest BCUT2D eigenvalue weighted by Gasteiger charge is 2.25. The van der Waals surface area contributed by atoms with Gasteiger partial charge in [-0.25, -0.2) is 0 Å². The first kappa shape index (κ1) is 25.2. The van der Waals surface area contributed by atoms with E-state index in [9.17, 15) is 0 Å². The van der Waals surface area contributed by atoms with E-state index in [4.69, 9.17) is 0 Å². The number of benzene rings is 11. The Balaban J connectivity index is 1.12. The van der Waals surface area contributed by atoms with E-state index in [1.807, 2.05) is 0 Å². The lowest BCUT2D eigenvalue weighted by Gasteiger charge is -2.15. The van der Waals surface area contributed by atoms with Gasteiger partial charge in [0.05, 0.1) is 0 Å². The van der Waals surface area contributed by atoms with Crippen LogP contribution in [0.2, 0.25) is 0 Å². The van der Waals surface area contributed by atoms with Crippen molar-refractivity contribution in [1.29, 1.82) is 0 Å². The maximum absolute atomic E-state index is 2.49. The Labute approximate surface area is 295 Å². The second-order valence-electron chi connectivity index (χ2n) is 15.4. The summed E-state index contributed by atoms with van der Waals surface area (Å²) in [6.07, 6.45) is 0. The molecule has 15 aromatic rings. The highest BCUT2D eigenvalue weighted by molar-refractivity contribution is 6.50. The van der Waals surface area contributed by atoms with Crippen molar-refractivity contribution < 1.29 is 0 Å². The van der Waals surface area contributed by atoms with Crippen LogP contribution in [0.15, 0.2) is 146 Å². The molecule has 0 nitrogen and oxygen atoms in total. The van der Waals surface area contributed by atoms with E-state index in [0.29, 0.717) is 0 Å². The molecule has 0 fully saturated rings. The molecule has 0 amide bonds. The molecular formula is C52H24. The average molecular weight is 649 g/mol. The van der Waals surface area contributed by atoms with Gasteiger partial charge in [-0.2, -0.15) is 0 Å². The number of hydrogen-bond acceptors (Lipinski definition) is 0. The standard InChI is InChI=1S/C52H24/c1-2-10-29-27(9-1)28-11-5-8-26-22-44-38-19-16-34-32-14-17-36-42-23-40-30-12-3-6-25-7-4-13-31(45(25)30)41(40)24-43(42)37-18-15-33(47(32)49(36)37)35-20-21-39(50(38)48(34)35)51(44)52(29)46(26)28/h1-24H. The van der Waals surface area contributed by atoms with Crippen LogP contribution in [0.25, 0.3) is 151 Å². The van der Waals surface area contributed by atoms with Crippen LogP contribution >= 0.6 is 0 Å². The molecule has 0 unspecified atom stereocenters. The minimum atomic E-state index is 1.32. The van der Waals surface area contributed by atoms with Crippen molar-refractivity contribution in [2.75, 3.05) is 0 Å². The van der Waals surface area contributed by atoms with Crippen LogP contribution < -0.4 is 0 Å². The number of hydrogen-bond donors (Lipinski definition) is 0. The monoisotopic (exact) mass is 648 g/mol. The molecule has 0 radical (unpaired) electrons. The Bertz CT molecular complexity index is 3940. The van der Waals surface area contributed by atoms with Gasteiger partial charge in [0.15, 0.2) is 0 Å². The third kappa shape index (κ3) is 2.54. The number of rotatable bonds is 0. The fourth-order valence-electron chi connectivity index (χ4n) is 11.4. The summed E-state index contributed by atoms with van der Waals surface area (Å²) in [6.45, 7) is 0. The summed E-state index contributed by atoms with van der Waals surface area (Å²) in [5.74, 6) is 0. The van der Waals surface area contributed by atoms with Gasteiger partial charge < -0.3 is 0 Å². The largest absolute Gasteiger partial charge is 0.0616 e. The molecule has 0 saturated heterocycles. The maximum Gasteiger partial charge on any atom is -0.000785 e. The zero-order chi connectivity index (χ0) is 33.1. The summed E-state index contributed by atoms with van der Waals surface area (Å²) < 4.78 is 0. The van der Waals surface area contributed by atoms with Crippen molar-refractivity contribution in [3.8, 4) is 0 Å². The normalized spacial score (nSPS) is 13.4. The summed E-state index contributed by atoms with van der Waals surface area (Å²) >= 11 is 0. The highest BCUT2D eigenvalue weighted by atomic mass is 14.3. The molecular weight excluding hydrogens is 625 g/mol. The van der Waals surface area contributed by atoms with Crippen molar-refractivity contribution >= 4 is 151 Å². The van der Waals surface area contributed by atoms with Gasteiger partial charge in [-0.05, 0) is 169 Å². The van der Waals surface area contributed by atoms with Gasteiger partial charge in [-0.15, -0.1) is 0 Å². The predicted octanol–water partition coefficient (Wildman–Crippen LogP) is 15.0. The summed E-state index contributed by atoms with van der Waals surface area (Å²) in [6, 6.07) is 56.2. The summed E-state index contributed by atoms with van der Waals surface area (Å²) in [5, 5.41) is 38.5. The summed E-state index contributed by atoms with van der Waals surface area (Å²) in [5.41, 5.74) is 0. The van der Waals surface area contributed by atoms with Gasteiger partial charge in [-0.1, -0.05) is 127 Å². The first-order chi connectivity index (χ1) is 25.8. The maximum atomic E-state index is 2.49. The smallest absolute Gasteiger partial charge is 0.000785 e. The molecule has 0 heterocycles. The van der Waals surface area contributed by atoms with E-state index in [1.165, 1.54) is 151 Å². The summed E-state index contributed by atoms with van der Waals surface area (Å²) in [4.78, 5) is 0. The molecule has 0 aliphatic carbocycles. The molecule has 0 atom stereocenters. The molecule has 0 aromatic heterocycles. The lowest BCUT2D eigenvalue weighted by molar-refractivity contribution is 1.85. The van der Waals surface area contributed by atoms with Crippen LogP contribution in [0.3, 0.4) is 0 Å². The second kappa shape index (κ2) is 8.07. The fraction of sp³-hybridized carbons (Fsp3) is 0. The van der Waals surface area contributed by atoms with Gasteiger partial charge >= 0.3 is 0 Å². The lowest BCUT2D eigenvalue weighted by Crippen LogP contribution is -1.87. The van der Waals surface area contributed by atoms with Crippen LogP contribution in [0, 0.1) is 0 Å². The van der Waals surface area contributed by atoms with E-state index in [1.54, 1.807) is 0 Å². The summed E-state index contributed by atoms with van der Waals surface area (Å²) in [7, 11) is 0. The van der Waals surface area contributed by atoms with E-state index >= 15 is 0 Å². The molecule has 0 aliphatic heterocycles. The molecule has 0 saturated carbocycles. The van der Waals surface area contributed by atoms with Crippen LogP contribution in [-0.2, 0) is 0 Å².